The topological polar surface area (TPSA) is 176 Å². The summed E-state index contributed by atoms with van der Waals surface area (Å²) in [5.41, 5.74) is 0.330. The molecule has 0 saturated carbocycles. The number of fused-ring (bicyclic) bond motifs is 1. The smallest absolute Gasteiger partial charge is 0.315 e. The van der Waals surface area contributed by atoms with Gasteiger partial charge < -0.3 is 41.0 Å². The second-order valence-electron chi connectivity index (χ2n) is 11.5. The second kappa shape index (κ2) is 17.5. The zero-order valence-corrected chi connectivity index (χ0v) is 25.7. The van der Waals surface area contributed by atoms with E-state index < -0.39 is 0 Å². The van der Waals surface area contributed by atoms with Gasteiger partial charge >= 0.3 is 6.03 Å². The Morgan fingerprint density at radius 2 is 1.65 bits per heavy atom. The van der Waals surface area contributed by atoms with Gasteiger partial charge in [-0.1, -0.05) is 12.8 Å². The van der Waals surface area contributed by atoms with Crippen molar-refractivity contribution in [1.82, 2.24) is 36.1 Å². The number of nitrogens with one attached hydrogen (secondary N) is 5. The van der Waals surface area contributed by atoms with Crippen molar-refractivity contribution >= 4 is 35.5 Å². The SMILES string of the molecule is O=C(CCCCCNC(=O)CCCCC1SC[C@H]2NC(=O)N[C@@H]12)NCCCCNC(=O)c1cn([C@H]2CC[C@@H](CO)O2)cn1. The van der Waals surface area contributed by atoms with E-state index in [-0.39, 0.29) is 54.8 Å². The van der Waals surface area contributed by atoms with E-state index in [9.17, 15) is 24.3 Å². The predicted octanol–water partition coefficient (Wildman–Crippen LogP) is 1.58. The molecule has 240 valence electrons. The molecule has 5 amide bonds. The van der Waals surface area contributed by atoms with Crippen LogP contribution in [0.15, 0.2) is 12.5 Å². The van der Waals surface area contributed by atoms with E-state index >= 15 is 0 Å². The molecular weight excluding hydrogens is 574 g/mol. The summed E-state index contributed by atoms with van der Waals surface area (Å²) in [5.74, 6) is 0.812. The number of aromatic nitrogens is 2. The number of imidazole rings is 1. The maximum Gasteiger partial charge on any atom is 0.315 e. The van der Waals surface area contributed by atoms with Gasteiger partial charge in [0.15, 0.2) is 0 Å². The van der Waals surface area contributed by atoms with E-state index in [0.29, 0.717) is 43.4 Å². The third-order valence-electron chi connectivity index (χ3n) is 8.15. The van der Waals surface area contributed by atoms with Crippen LogP contribution in [0, 0.1) is 0 Å². The van der Waals surface area contributed by atoms with E-state index in [2.05, 4.69) is 31.6 Å². The second-order valence-corrected chi connectivity index (χ2v) is 12.8. The predicted molar refractivity (Wildman–Crippen MR) is 162 cm³/mol. The molecule has 14 heteroatoms. The summed E-state index contributed by atoms with van der Waals surface area (Å²) in [4.78, 5) is 52.1. The highest BCUT2D eigenvalue weighted by molar-refractivity contribution is 8.00. The van der Waals surface area contributed by atoms with Gasteiger partial charge in [-0.15, -0.1) is 0 Å². The van der Waals surface area contributed by atoms with Gasteiger partial charge in [0.05, 0.1) is 31.1 Å². The molecule has 3 fully saturated rings. The molecule has 6 N–H and O–H groups in total. The third-order valence-corrected chi connectivity index (χ3v) is 9.66. The molecule has 13 nitrogen and oxygen atoms in total. The summed E-state index contributed by atoms with van der Waals surface area (Å²) in [5, 5.41) is 24.3. The van der Waals surface area contributed by atoms with Crippen molar-refractivity contribution in [2.45, 2.75) is 107 Å². The van der Waals surface area contributed by atoms with Gasteiger partial charge in [-0.05, 0) is 51.4 Å². The molecular formula is C29H47N7O6S. The first-order chi connectivity index (χ1) is 20.9. The van der Waals surface area contributed by atoms with Crippen molar-refractivity contribution in [3.63, 3.8) is 0 Å². The Balaban J connectivity index is 0.914. The number of unbranched alkanes of at least 4 members (excludes halogenated alkanes) is 4. The number of ether oxygens (including phenoxy) is 1. The highest BCUT2D eigenvalue weighted by Gasteiger charge is 2.42. The van der Waals surface area contributed by atoms with Crippen LogP contribution < -0.4 is 26.6 Å². The van der Waals surface area contributed by atoms with Crippen LogP contribution in [0.5, 0.6) is 0 Å². The van der Waals surface area contributed by atoms with Crippen molar-refractivity contribution < 1.29 is 29.0 Å². The normalized spacial score (nSPS) is 24.3. The molecule has 4 rings (SSSR count). The molecule has 1 aromatic heterocycles. The van der Waals surface area contributed by atoms with E-state index in [4.69, 9.17) is 4.74 Å². The van der Waals surface area contributed by atoms with Crippen LogP contribution in [-0.4, -0.2) is 93.8 Å². The average Bonchev–Trinajstić information content (AvgIpc) is 3.80. The largest absolute Gasteiger partial charge is 0.394 e. The van der Waals surface area contributed by atoms with E-state index in [0.717, 1.165) is 70.0 Å². The molecule has 3 saturated heterocycles. The fraction of sp³-hybridized carbons (Fsp3) is 0.759. The number of carbonyl (C=O) groups excluding carboxylic acids is 4. The zero-order chi connectivity index (χ0) is 30.4. The minimum absolute atomic E-state index is 0.00811. The number of aliphatic hydroxyl groups excluding tert-OH is 1. The van der Waals surface area contributed by atoms with Gasteiger partial charge in [0.1, 0.15) is 11.9 Å². The molecule has 3 aliphatic rings. The zero-order valence-electron chi connectivity index (χ0n) is 24.9. The van der Waals surface area contributed by atoms with Gasteiger partial charge in [-0.3, -0.25) is 14.4 Å². The Kier molecular flexibility index (Phi) is 13.4. The molecule has 0 spiro atoms. The molecule has 0 bridgehead atoms. The highest BCUT2D eigenvalue weighted by atomic mass is 32.2. The Labute approximate surface area is 257 Å². The molecule has 5 atom stereocenters. The standard InChI is InChI=1S/C29H47N7O6S/c37-17-20-11-12-26(42-20)36-16-21(33-19-36)28(40)32-15-7-6-14-31-24(38)9-2-1-5-13-30-25(39)10-4-3-8-23-27-22(18-43-23)34-29(41)35-27/h16,19-20,22-23,26-27,37H,1-15,17-18H2,(H,30,39)(H,31,38)(H,32,40)(H2,34,35,41)/t20-,22+,23?,26+,27+/m0/s1. The van der Waals surface area contributed by atoms with Gasteiger partial charge in [-0.25, -0.2) is 9.78 Å². The molecule has 1 unspecified atom stereocenters. The monoisotopic (exact) mass is 621 g/mol. The van der Waals surface area contributed by atoms with Crippen LogP contribution in [0.25, 0.3) is 0 Å². The van der Waals surface area contributed by atoms with Crippen molar-refractivity contribution in [2.75, 3.05) is 32.0 Å². The van der Waals surface area contributed by atoms with Gasteiger partial charge in [0.2, 0.25) is 11.8 Å². The summed E-state index contributed by atoms with van der Waals surface area (Å²) < 4.78 is 7.47. The summed E-state index contributed by atoms with van der Waals surface area (Å²) in [7, 11) is 0. The molecule has 43 heavy (non-hydrogen) atoms. The fourth-order valence-corrected chi connectivity index (χ4v) is 7.23. The van der Waals surface area contributed by atoms with Gasteiger partial charge in [-0.2, -0.15) is 11.8 Å². The number of hydrogen-bond acceptors (Lipinski definition) is 8. The van der Waals surface area contributed by atoms with Crippen LogP contribution in [0.2, 0.25) is 0 Å². The number of thioether (sulfide) groups is 1. The summed E-state index contributed by atoms with van der Waals surface area (Å²) in [6.45, 7) is 1.69. The minimum atomic E-state index is -0.244. The van der Waals surface area contributed by atoms with Crippen LogP contribution in [0.4, 0.5) is 4.79 Å². The number of rotatable bonds is 19. The number of aliphatic hydroxyl groups is 1. The Hall–Kier alpha value is -2.84. The molecule has 0 aliphatic carbocycles. The Morgan fingerprint density at radius 3 is 2.37 bits per heavy atom. The lowest BCUT2D eigenvalue weighted by Crippen LogP contribution is -2.36. The number of urea groups is 1. The number of carbonyl (C=O) groups is 4. The Bertz CT molecular complexity index is 1070. The maximum absolute atomic E-state index is 12.3. The lowest BCUT2D eigenvalue weighted by atomic mass is 10.0. The first-order valence-corrected chi connectivity index (χ1v) is 16.8. The summed E-state index contributed by atoms with van der Waals surface area (Å²) >= 11 is 1.90. The number of amides is 5. The van der Waals surface area contributed by atoms with Crippen molar-refractivity contribution in [3.05, 3.63) is 18.2 Å². The van der Waals surface area contributed by atoms with E-state index in [1.54, 1.807) is 17.1 Å². The molecule has 3 aliphatic heterocycles. The maximum atomic E-state index is 12.3. The van der Waals surface area contributed by atoms with Gasteiger partial charge in [0.25, 0.3) is 5.91 Å². The first kappa shape index (κ1) is 33.1. The molecule has 0 radical (unpaired) electrons. The van der Waals surface area contributed by atoms with E-state index in [1.165, 1.54) is 0 Å². The Morgan fingerprint density at radius 1 is 0.953 bits per heavy atom. The fourth-order valence-electron chi connectivity index (χ4n) is 5.69. The number of hydrogen-bond donors (Lipinski definition) is 6. The van der Waals surface area contributed by atoms with Gasteiger partial charge in [0, 0.05) is 49.7 Å². The van der Waals surface area contributed by atoms with Crippen LogP contribution in [-0.2, 0) is 14.3 Å². The van der Waals surface area contributed by atoms with Crippen molar-refractivity contribution in [3.8, 4) is 0 Å². The minimum Gasteiger partial charge on any atom is -0.394 e. The highest BCUT2D eigenvalue weighted by Crippen LogP contribution is 2.33. The lowest BCUT2D eigenvalue weighted by molar-refractivity contribution is -0.122. The summed E-state index contributed by atoms with van der Waals surface area (Å²) in [6, 6.07) is 0.399. The number of nitrogens with zero attached hydrogens (tertiary/aromatic N) is 2. The molecule has 0 aromatic carbocycles. The molecule has 1 aromatic rings. The lowest BCUT2D eigenvalue weighted by Gasteiger charge is -2.16. The van der Waals surface area contributed by atoms with Crippen molar-refractivity contribution in [1.29, 1.82) is 0 Å². The van der Waals surface area contributed by atoms with Crippen LogP contribution in [0.3, 0.4) is 0 Å². The molecule has 4 heterocycles. The van der Waals surface area contributed by atoms with E-state index in [1.807, 2.05) is 11.8 Å². The first-order valence-electron chi connectivity index (χ1n) is 15.7. The average molecular weight is 622 g/mol. The third kappa shape index (κ3) is 10.7. The quantitative estimate of drug-likeness (QED) is 0.0997. The summed E-state index contributed by atoms with van der Waals surface area (Å²) in [6.07, 6.45) is 12.3. The van der Waals surface area contributed by atoms with Crippen LogP contribution in [0.1, 0.15) is 93.8 Å². The van der Waals surface area contributed by atoms with Crippen molar-refractivity contribution in [2.24, 2.45) is 0 Å². The van der Waals surface area contributed by atoms with Crippen LogP contribution >= 0.6 is 11.8 Å².